The average Bonchev–Trinajstić information content (AvgIpc) is 2.57. The molecular formula is C17H28K2N2O7. The summed E-state index contributed by atoms with van der Waals surface area (Å²) in [4.78, 5) is 36.2. The van der Waals surface area contributed by atoms with Crippen molar-refractivity contribution in [3.8, 4) is 0 Å². The largest absolute Gasteiger partial charge is 1.00 e. The molecule has 0 aliphatic carbocycles. The van der Waals surface area contributed by atoms with Gasteiger partial charge >= 0.3 is 109 Å². The predicted octanol–water partition coefficient (Wildman–Crippen LogP) is -8.32. The van der Waals surface area contributed by atoms with Gasteiger partial charge in [-0.2, -0.15) is 0 Å². The summed E-state index contributed by atoms with van der Waals surface area (Å²) >= 11 is 0. The maximum atomic E-state index is 11.2. The molecule has 0 saturated carbocycles. The zero-order valence-corrected chi connectivity index (χ0v) is 23.9. The summed E-state index contributed by atoms with van der Waals surface area (Å²) in [5.41, 5.74) is 0. The summed E-state index contributed by atoms with van der Waals surface area (Å²) in [5, 5.41) is 41.5. The van der Waals surface area contributed by atoms with Crippen LogP contribution in [-0.2, 0) is 14.4 Å². The van der Waals surface area contributed by atoms with Gasteiger partial charge in [0, 0.05) is 31.7 Å². The molecule has 28 heavy (non-hydrogen) atoms. The molecule has 0 rings (SSSR count). The van der Waals surface area contributed by atoms with Gasteiger partial charge in [0.2, 0.25) is 0 Å². The van der Waals surface area contributed by atoms with Gasteiger partial charge in [-0.25, -0.2) is 0 Å². The van der Waals surface area contributed by atoms with Gasteiger partial charge in [-0.1, -0.05) is 12.2 Å². The molecule has 0 radical (unpaired) electrons. The summed E-state index contributed by atoms with van der Waals surface area (Å²) in [6, 6.07) is -3.30. The second-order valence-electron chi connectivity index (χ2n) is 6.20. The number of nitrogens with zero attached hydrogens (tertiary/aromatic N) is 2. The van der Waals surface area contributed by atoms with E-state index in [0.717, 1.165) is 0 Å². The molecule has 9 nitrogen and oxygen atoms in total. The minimum absolute atomic E-state index is 0. The number of carboxylic acids is 3. The molecule has 2 N–H and O–H groups in total. The van der Waals surface area contributed by atoms with Crippen LogP contribution < -0.4 is 113 Å². The molecule has 11 heteroatoms. The van der Waals surface area contributed by atoms with E-state index in [1.54, 1.807) is 19.1 Å². The van der Waals surface area contributed by atoms with Crippen molar-refractivity contribution >= 4 is 17.9 Å². The number of aliphatic hydroxyl groups is 1. The van der Waals surface area contributed by atoms with Crippen molar-refractivity contribution < 1.29 is 138 Å². The van der Waals surface area contributed by atoms with E-state index in [2.05, 4.69) is 0 Å². The summed E-state index contributed by atoms with van der Waals surface area (Å²) < 4.78 is 0. The smallest absolute Gasteiger partial charge is 0.548 e. The van der Waals surface area contributed by atoms with E-state index in [-0.39, 0.29) is 122 Å². The van der Waals surface area contributed by atoms with Gasteiger partial charge in [0.15, 0.2) is 0 Å². The van der Waals surface area contributed by atoms with Crippen LogP contribution in [0.5, 0.6) is 0 Å². The van der Waals surface area contributed by atoms with Gasteiger partial charge in [-0.15, -0.1) is 0 Å². The Morgan fingerprint density at radius 1 is 0.964 bits per heavy atom. The Morgan fingerprint density at radius 3 is 1.86 bits per heavy atom. The van der Waals surface area contributed by atoms with E-state index in [9.17, 15) is 29.7 Å². The number of hydrogen-bond acceptors (Lipinski definition) is 8. The molecule has 0 saturated heterocycles. The fourth-order valence-corrected chi connectivity index (χ4v) is 2.47. The average molecular weight is 451 g/mol. The number of carbonyl (C=O) groups is 3. The van der Waals surface area contributed by atoms with E-state index in [1.807, 2.05) is 0 Å². The monoisotopic (exact) mass is 450 g/mol. The Hall–Kier alpha value is 1.30. The molecule has 0 aromatic heterocycles. The molecule has 4 atom stereocenters. The maximum absolute atomic E-state index is 11.2. The molecule has 0 fully saturated rings. The van der Waals surface area contributed by atoms with Crippen LogP contribution in [0.1, 0.15) is 34.1 Å². The van der Waals surface area contributed by atoms with Gasteiger partial charge in [0.05, 0.1) is 18.0 Å². The number of aliphatic hydroxyl groups excluding tert-OH is 1. The predicted molar refractivity (Wildman–Crippen MR) is 89.8 cm³/mol. The molecule has 4 unspecified atom stereocenters. The number of allylic oxidation sites excluding steroid dienone is 1. The quantitative estimate of drug-likeness (QED) is 0.206. The third-order valence-electron chi connectivity index (χ3n) is 4.32. The molecule has 0 aromatic carbocycles. The van der Waals surface area contributed by atoms with E-state index >= 15 is 0 Å². The van der Waals surface area contributed by atoms with Gasteiger partial charge in [0.1, 0.15) is 6.04 Å². The fourth-order valence-electron chi connectivity index (χ4n) is 2.47. The number of rotatable bonds is 13. The first kappa shape index (κ1) is 33.9. The van der Waals surface area contributed by atoms with Crippen molar-refractivity contribution in [3.63, 3.8) is 0 Å². The molecule has 0 bridgehead atoms. The van der Waals surface area contributed by atoms with E-state index < -0.39 is 42.1 Å². The van der Waals surface area contributed by atoms with E-state index in [0.29, 0.717) is 6.42 Å². The third kappa shape index (κ3) is 12.9. The summed E-state index contributed by atoms with van der Waals surface area (Å²) in [6.45, 7) is 5.87. The molecule has 0 heterocycles. The van der Waals surface area contributed by atoms with Crippen molar-refractivity contribution in [1.29, 1.82) is 0 Å². The van der Waals surface area contributed by atoms with Crippen molar-refractivity contribution in [3.05, 3.63) is 12.2 Å². The molecule has 0 aliphatic rings. The topological polar surface area (TPSA) is 144 Å². The van der Waals surface area contributed by atoms with E-state index in [4.69, 9.17) is 5.11 Å². The Labute approximate surface area is 251 Å². The number of carbonyl (C=O) groups excluding carboxylic acids is 2. The molecule has 0 aromatic rings. The second-order valence-corrected chi connectivity index (χ2v) is 6.20. The first-order valence-electron chi connectivity index (χ1n) is 8.46. The second kappa shape index (κ2) is 17.9. The Balaban J connectivity index is -0.00000312. The van der Waals surface area contributed by atoms with E-state index in [1.165, 1.54) is 30.6 Å². The number of hydrogen-bond donors (Lipinski definition) is 2. The van der Waals surface area contributed by atoms with Crippen LogP contribution in [0, 0.1) is 0 Å². The Kier molecular flexibility index (Phi) is 21.7. The SMILES string of the molecule is C/C=C/CC(O)CN(CCN(C(C)C(=O)[O-])C(C)C(=O)O)C(C)C(=O)[O-].[K+].[K+]. The summed E-state index contributed by atoms with van der Waals surface area (Å²) in [5.74, 6) is -3.97. The van der Waals surface area contributed by atoms with Crippen LogP contribution in [0.2, 0.25) is 0 Å². The van der Waals surface area contributed by atoms with Gasteiger partial charge < -0.3 is 30.0 Å². The van der Waals surface area contributed by atoms with Crippen LogP contribution in [0.4, 0.5) is 0 Å². The number of carboxylic acid groups (broad SMARTS) is 3. The molecule has 0 spiro atoms. The molecule has 150 valence electrons. The standard InChI is InChI=1S/C17H30N2O7.2K/c1-5-6-7-14(20)10-18(11(2)15(21)22)8-9-19(12(3)16(23)24)13(4)17(25)26;;/h5-6,11-14,20H,7-10H2,1-4H3,(H,21,22)(H,23,24)(H,25,26);;/q;2*+1/p-2/b6-5+;;. The zero-order valence-electron chi connectivity index (χ0n) is 17.6. The Bertz CT molecular complexity index is 500. The van der Waals surface area contributed by atoms with Gasteiger partial charge in [0.25, 0.3) is 0 Å². The van der Waals surface area contributed by atoms with Crippen LogP contribution in [0.15, 0.2) is 12.2 Å². The normalized spacial score (nSPS) is 15.4. The first-order valence-corrected chi connectivity index (χ1v) is 8.46. The van der Waals surface area contributed by atoms with Crippen molar-refractivity contribution in [1.82, 2.24) is 9.80 Å². The van der Waals surface area contributed by atoms with Gasteiger partial charge in [-0.3, -0.25) is 14.6 Å². The molecular weight excluding hydrogens is 422 g/mol. The summed E-state index contributed by atoms with van der Waals surface area (Å²) in [7, 11) is 0. The van der Waals surface area contributed by atoms with Crippen LogP contribution in [-0.4, -0.2) is 81.8 Å². The minimum Gasteiger partial charge on any atom is -0.548 e. The summed E-state index contributed by atoms with van der Waals surface area (Å²) in [6.07, 6.45) is 3.01. The molecule has 0 aliphatic heterocycles. The maximum Gasteiger partial charge on any atom is 1.00 e. The third-order valence-corrected chi connectivity index (χ3v) is 4.32. The van der Waals surface area contributed by atoms with Gasteiger partial charge in [-0.05, 0) is 34.1 Å². The first-order chi connectivity index (χ1) is 12.0. The van der Waals surface area contributed by atoms with Crippen molar-refractivity contribution in [2.45, 2.75) is 58.3 Å². The number of aliphatic carboxylic acids is 3. The van der Waals surface area contributed by atoms with Crippen molar-refractivity contribution in [2.24, 2.45) is 0 Å². The van der Waals surface area contributed by atoms with Crippen LogP contribution in [0.25, 0.3) is 0 Å². The molecule has 0 amide bonds. The Morgan fingerprint density at radius 2 is 1.46 bits per heavy atom. The fraction of sp³-hybridized carbons (Fsp3) is 0.706. The van der Waals surface area contributed by atoms with Crippen molar-refractivity contribution in [2.75, 3.05) is 19.6 Å². The zero-order chi connectivity index (χ0) is 20.4. The minimum atomic E-state index is -1.43. The van der Waals surface area contributed by atoms with Crippen LogP contribution in [0.3, 0.4) is 0 Å². The van der Waals surface area contributed by atoms with Crippen LogP contribution >= 0.6 is 0 Å².